The molecule has 6 heteroatoms. The molecule has 0 bridgehead atoms. The lowest BCUT2D eigenvalue weighted by molar-refractivity contribution is 0.00116. The van der Waals surface area contributed by atoms with Crippen molar-refractivity contribution in [2.45, 2.75) is 13.0 Å². The molecule has 0 saturated heterocycles. The SMILES string of the molecule is CCOC(=O)c1cc(OCC(COC)OC)c2cccc(OC)c2c1. The summed E-state index contributed by atoms with van der Waals surface area (Å²) in [4.78, 5) is 12.2. The maximum Gasteiger partial charge on any atom is 0.338 e. The van der Waals surface area contributed by atoms with Gasteiger partial charge in [-0.2, -0.15) is 0 Å². The zero-order valence-electron chi connectivity index (χ0n) is 15.0. The summed E-state index contributed by atoms with van der Waals surface area (Å²) in [5, 5.41) is 1.63. The Hall–Kier alpha value is -2.31. The molecule has 2 aromatic carbocycles. The van der Waals surface area contributed by atoms with Gasteiger partial charge in [0.05, 0.1) is 25.9 Å². The van der Waals surface area contributed by atoms with Crippen molar-refractivity contribution in [2.75, 3.05) is 41.2 Å². The Morgan fingerprint density at radius 2 is 1.84 bits per heavy atom. The van der Waals surface area contributed by atoms with Crippen LogP contribution in [0.3, 0.4) is 0 Å². The third-order valence-electron chi connectivity index (χ3n) is 3.76. The number of ether oxygens (including phenoxy) is 5. The molecule has 0 fully saturated rings. The van der Waals surface area contributed by atoms with Gasteiger partial charge in [-0.1, -0.05) is 12.1 Å². The predicted molar refractivity (Wildman–Crippen MR) is 94.6 cm³/mol. The van der Waals surface area contributed by atoms with Gasteiger partial charge in [0.15, 0.2) is 0 Å². The molecule has 0 saturated carbocycles. The van der Waals surface area contributed by atoms with Crippen molar-refractivity contribution in [3.63, 3.8) is 0 Å². The highest BCUT2D eigenvalue weighted by molar-refractivity contribution is 6.00. The van der Waals surface area contributed by atoms with E-state index in [1.54, 1.807) is 40.4 Å². The van der Waals surface area contributed by atoms with E-state index in [9.17, 15) is 4.79 Å². The topological polar surface area (TPSA) is 63.2 Å². The van der Waals surface area contributed by atoms with E-state index in [-0.39, 0.29) is 6.10 Å². The van der Waals surface area contributed by atoms with Gasteiger partial charge in [-0.25, -0.2) is 4.79 Å². The molecule has 0 spiro atoms. The largest absolute Gasteiger partial charge is 0.496 e. The van der Waals surface area contributed by atoms with Gasteiger partial charge in [0.2, 0.25) is 0 Å². The van der Waals surface area contributed by atoms with Crippen LogP contribution in [0.25, 0.3) is 10.8 Å². The number of hydrogen-bond acceptors (Lipinski definition) is 6. The van der Waals surface area contributed by atoms with Crippen LogP contribution in [0.1, 0.15) is 17.3 Å². The third-order valence-corrected chi connectivity index (χ3v) is 3.76. The average molecular weight is 348 g/mol. The van der Waals surface area contributed by atoms with Crippen molar-refractivity contribution in [3.05, 3.63) is 35.9 Å². The van der Waals surface area contributed by atoms with Crippen LogP contribution in [-0.4, -0.2) is 53.2 Å². The van der Waals surface area contributed by atoms with Gasteiger partial charge in [0.1, 0.15) is 24.2 Å². The van der Waals surface area contributed by atoms with Crippen molar-refractivity contribution >= 4 is 16.7 Å². The minimum Gasteiger partial charge on any atom is -0.496 e. The summed E-state index contributed by atoms with van der Waals surface area (Å²) < 4.78 is 26.9. The van der Waals surface area contributed by atoms with Crippen LogP contribution in [0.2, 0.25) is 0 Å². The van der Waals surface area contributed by atoms with Crippen molar-refractivity contribution in [1.82, 2.24) is 0 Å². The van der Waals surface area contributed by atoms with Gasteiger partial charge >= 0.3 is 5.97 Å². The first-order valence-electron chi connectivity index (χ1n) is 8.07. The maximum atomic E-state index is 12.2. The Kier molecular flexibility index (Phi) is 7.03. The fourth-order valence-electron chi connectivity index (χ4n) is 2.51. The number of carbonyl (C=O) groups excluding carboxylic acids is 1. The summed E-state index contributed by atoms with van der Waals surface area (Å²) in [6, 6.07) is 9.06. The summed E-state index contributed by atoms with van der Waals surface area (Å²) in [5.41, 5.74) is 0.412. The van der Waals surface area contributed by atoms with E-state index < -0.39 is 5.97 Å². The zero-order valence-corrected chi connectivity index (χ0v) is 15.0. The molecular weight excluding hydrogens is 324 g/mol. The predicted octanol–water partition coefficient (Wildman–Crippen LogP) is 3.07. The number of esters is 1. The normalized spacial score (nSPS) is 12.0. The number of hydrogen-bond donors (Lipinski definition) is 0. The molecular formula is C19H24O6. The molecule has 0 aliphatic heterocycles. The fraction of sp³-hybridized carbons (Fsp3) is 0.421. The van der Waals surface area contributed by atoms with E-state index in [0.717, 1.165) is 10.8 Å². The lowest BCUT2D eigenvalue weighted by Gasteiger charge is -2.17. The Balaban J connectivity index is 2.43. The highest BCUT2D eigenvalue weighted by atomic mass is 16.6. The second-order valence-corrected chi connectivity index (χ2v) is 5.37. The lowest BCUT2D eigenvalue weighted by Crippen LogP contribution is -2.25. The molecule has 0 aromatic heterocycles. The number of rotatable bonds is 9. The highest BCUT2D eigenvalue weighted by Gasteiger charge is 2.16. The molecule has 1 unspecified atom stereocenters. The van der Waals surface area contributed by atoms with Crippen LogP contribution >= 0.6 is 0 Å². The first kappa shape index (κ1) is 19.0. The van der Waals surface area contributed by atoms with Crippen molar-refractivity contribution in [3.8, 4) is 11.5 Å². The number of carbonyl (C=O) groups is 1. The minimum atomic E-state index is -0.402. The summed E-state index contributed by atoms with van der Waals surface area (Å²) in [6.45, 7) is 2.78. The van der Waals surface area contributed by atoms with Crippen LogP contribution in [0.4, 0.5) is 0 Å². The molecule has 6 nitrogen and oxygen atoms in total. The summed E-state index contributed by atoms with van der Waals surface area (Å²) in [6.07, 6.45) is -0.211. The maximum absolute atomic E-state index is 12.2. The molecule has 1 atom stereocenters. The summed E-state index contributed by atoms with van der Waals surface area (Å²) in [5.74, 6) is 0.826. The van der Waals surface area contributed by atoms with E-state index in [4.69, 9.17) is 23.7 Å². The number of methoxy groups -OCH3 is 3. The molecule has 0 amide bonds. The average Bonchev–Trinajstić information content (AvgIpc) is 2.64. The van der Waals surface area contributed by atoms with Crippen LogP contribution in [0, 0.1) is 0 Å². The van der Waals surface area contributed by atoms with Gasteiger partial charge < -0.3 is 23.7 Å². The van der Waals surface area contributed by atoms with E-state index in [1.807, 2.05) is 18.2 Å². The zero-order chi connectivity index (χ0) is 18.2. The van der Waals surface area contributed by atoms with Crippen LogP contribution in [0.5, 0.6) is 11.5 Å². The van der Waals surface area contributed by atoms with Gasteiger partial charge in [-0.15, -0.1) is 0 Å². The van der Waals surface area contributed by atoms with Crippen molar-refractivity contribution in [1.29, 1.82) is 0 Å². The van der Waals surface area contributed by atoms with E-state index in [2.05, 4.69) is 0 Å². The van der Waals surface area contributed by atoms with Gasteiger partial charge in [-0.05, 0) is 25.1 Å². The molecule has 0 aliphatic rings. The summed E-state index contributed by atoms with van der Waals surface area (Å²) >= 11 is 0. The van der Waals surface area contributed by atoms with Gasteiger partial charge in [-0.3, -0.25) is 0 Å². The first-order valence-corrected chi connectivity index (χ1v) is 8.07. The molecule has 0 heterocycles. The van der Waals surface area contributed by atoms with Crippen molar-refractivity contribution in [2.24, 2.45) is 0 Å². The third kappa shape index (κ3) is 4.61. The van der Waals surface area contributed by atoms with E-state index in [0.29, 0.717) is 36.9 Å². The Bertz CT molecular complexity index is 712. The van der Waals surface area contributed by atoms with E-state index >= 15 is 0 Å². The first-order chi connectivity index (χ1) is 12.1. The van der Waals surface area contributed by atoms with Crippen LogP contribution in [0.15, 0.2) is 30.3 Å². The Labute approximate surface area is 147 Å². The molecule has 0 aliphatic carbocycles. The standard InChI is InChI=1S/C19H24O6/c1-5-24-19(20)13-9-16-15(7-6-8-17(16)23-4)18(10-13)25-12-14(22-3)11-21-2/h6-10,14H,5,11-12H2,1-4H3. The summed E-state index contributed by atoms with van der Waals surface area (Å²) in [7, 11) is 4.79. The minimum absolute atomic E-state index is 0.211. The van der Waals surface area contributed by atoms with Gasteiger partial charge in [0, 0.05) is 25.0 Å². The monoisotopic (exact) mass is 348 g/mol. The Morgan fingerprint density at radius 1 is 1.04 bits per heavy atom. The molecule has 2 aromatic rings. The molecule has 0 radical (unpaired) electrons. The fourth-order valence-corrected chi connectivity index (χ4v) is 2.51. The van der Waals surface area contributed by atoms with E-state index in [1.165, 1.54) is 0 Å². The molecule has 136 valence electrons. The molecule has 2 rings (SSSR count). The second kappa shape index (κ2) is 9.25. The molecule has 25 heavy (non-hydrogen) atoms. The molecule has 0 N–H and O–H groups in total. The van der Waals surface area contributed by atoms with Gasteiger partial charge in [0.25, 0.3) is 0 Å². The quantitative estimate of drug-likeness (QED) is 0.649. The second-order valence-electron chi connectivity index (χ2n) is 5.37. The number of benzene rings is 2. The van der Waals surface area contributed by atoms with Crippen molar-refractivity contribution < 1.29 is 28.5 Å². The van der Waals surface area contributed by atoms with Crippen LogP contribution < -0.4 is 9.47 Å². The smallest absolute Gasteiger partial charge is 0.338 e. The number of fused-ring (bicyclic) bond motifs is 1. The Morgan fingerprint density at radius 3 is 2.48 bits per heavy atom. The highest BCUT2D eigenvalue weighted by Crippen LogP contribution is 2.34. The lowest BCUT2D eigenvalue weighted by atomic mass is 10.0. The van der Waals surface area contributed by atoms with Crippen LogP contribution in [-0.2, 0) is 14.2 Å².